The highest BCUT2D eigenvalue weighted by Crippen LogP contribution is 2.16. The Morgan fingerprint density at radius 3 is 2.79 bits per heavy atom. The van der Waals surface area contributed by atoms with Crippen LogP contribution in [0.3, 0.4) is 0 Å². The molecule has 1 amide bonds. The number of carbonyl (C=O) groups is 1. The number of fused-ring (bicyclic) bond motifs is 1. The van der Waals surface area contributed by atoms with Gasteiger partial charge in [-0.3, -0.25) is 9.59 Å². The molecule has 1 saturated heterocycles. The van der Waals surface area contributed by atoms with E-state index >= 15 is 0 Å². The van der Waals surface area contributed by atoms with E-state index in [4.69, 9.17) is 4.74 Å². The Hall–Kier alpha value is -3.26. The first-order chi connectivity index (χ1) is 13.7. The number of aromatic amines is 1. The minimum Gasteiger partial charge on any atom is -0.378 e. The highest BCUT2D eigenvalue weighted by Gasteiger charge is 2.12. The van der Waals surface area contributed by atoms with Gasteiger partial charge in [0.2, 0.25) is 5.91 Å². The van der Waals surface area contributed by atoms with Crippen molar-refractivity contribution in [1.29, 1.82) is 0 Å². The van der Waals surface area contributed by atoms with Gasteiger partial charge in [0, 0.05) is 25.9 Å². The second-order valence-corrected chi connectivity index (χ2v) is 6.58. The number of para-hydroxylation sites is 1. The predicted octanol–water partition coefficient (Wildman–Crippen LogP) is 1.73. The van der Waals surface area contributed by atoms with Crippen LogP contribution in [0.15, 0.2) is 47.4 Å². The lowest BCUT2D eigenvalue weighted by Gasteiger charge is -2.28. The van der Waals surface area contributed by atoms with Gasteiger partial charge in [-0.15, -0.1) is 0 Å². The molecule has 2 aromatic heterocycles. The van der Waals surface area contributed by atoms with Crippen molar-refractivity contribution in [2.24, 2.45) is 0 Å². The third-order valence-electron chi connectivity index (χ3n) is 4.64. The number of aryl methyl sites for hydroxylation is 1. The molecule has 1 aliphatic heterocycles. The number of carbonyl (C=O) groups excluding carboxylic acids is 1. The van der Waals surface area contributed by atoms with E-state index in [9.17, 15) is 9.59 Å². The molecule has 0 unspecified atom stereocenters. The highest BCUT2D eigenvalue weighted by atomic mass is 16.5. The summed E-state index contributed by atoms with van der Waals surface area (Å²) in [5.41, 5.74) is 1.45. The van der Waals surface area contributed by atoms with Crippen LogP contribution < -0.4 is 15.8 Å². The van der Waals surface area contributed by atoms with Gasteiger partial charge in [0.15, 0.2) is 0 Å². The second kappa shape index (κ2) is 8.18. The summed E-state index contributed by atoms with van der Waals surface area (Å²) in [7, 11) is 0. The summed E-state index contributed by atoms with van der Waals surface area (Å²) in [6, 6.07) is 10.9. The minimum atomic E-state index is -0.193. The molecular formula is C20H21N5O3. The van der Waals surface area contributed by atoms with Crippen molar-refractivity contribution < 1.29 is 9.53 Å². The van der Waals surface area contributed by atoms with E-state index in [0.29, 0.717) is 42.2 Å². The number of hydrogen-bond donors (Lipinski definition) is 2. The topological polar surface area (TPSA) is 100 Å². The molecule has 8 nitrogen and oxygen atoms in total. The van der Waals surface area contributed by atoms with Gasteiger partial charge in [-0.05, 0) is 24.3 Å². The lowest BCUT2D eigenvalue weighted by molar-refractivity contribution is -0.116. The largest absolute Gasteiger partial charge is 0.378 e. The zero-order valence-electron chi connectivity index (χ0n) is 15.4. The second-order valence-electron chi connectivity index (χ2n) is 6.58. The number of ether oxygens (including phenoxy) is 1. The smallest absolute Gasteiger partial charge is 0.258 e. The Morgan fingerprint density at radius 2 is 2.00 bits per heavy atom. The molecule has 0 saturated carbocycles. The number of morpholine rings is 1. The van der Waals surface area contributed by atoms with Crippen molar-refractivity contribution in [3.63, 3.8) is 0 Å². The fourth-order valence-electron chi connectivity index (χ4n) is 3.16. The first kappa shape index (κ1) is 18.1. The van der Waals surface area contributed by atoms with E-state index < -0.39 is 0 Å². The van der Waals surface area contributed by atoms with Crippen molar-refractivity contribution in [2.45, 2.75) is 12.8 Å². The van der Waals surface area contributed by atoms with E-state index in [0.717, 1.165) is 18.8 Å². The molecule has 3 heterocycles. The number of rotatable bonds is 5. The van der Waals surface area contributed by atoms with Gasteiger partial charge in [0.05, 0.1) is 36.0 Å². The van der Waals surface area contributed by atoms with Crippen molar-refractivity contribution in [3.8, 4) is 0 Å². The Bertz CT molecular complexity index is 1030. The van der Waals surface area contributed by atoms with E-state index in [-0.39, 0.29) is 17.9 Å². The van der Waals surface area contributed by atoms with Gasteiger partial charge in [-0.2, -0.15) is 0 Å². The number of aromatic nitrogens is 3. The first-order valence-corrected chi connectivity index (χ1v) is 9.25. The predicted molar refractivity (Wildman–Crippen MR) is 107 cm³/mol. The Labute approximate surface area is 161 Å². The van der Waals surface area contributed by atoms with Gasteiger partial charge < -0.3 is 19.9 Å². The summed E-state index contributed by atoms with van der Waals surface area (Å²) >= 11 is 0. The number of H-pyrrole nitrogens is 1. The summed E-state index contributed by atoms with van der Waals surface area (Å²) in [5, 5.41) is 3.32. The molecule has 144 valence electrons. The van der Waals surface area contributed by atoms with Crippen molar-refractivity contribution in [2.75, 3.05) is 36.5 Å². The number of anilines is 2. The summed E-state index contributed by atoms with van der Waals surface area (Å²) in [6.07, 6.45) is 2.30. The number of hydrogen-bond acceptors (Lipinski definition) is 6. The lowest BCUT2D eigenvalue weighted by atomic mass is 10.2. The Kier molecular flexibility index (Phi) is 5.29. The Morgan fingerprint density at radius 1 is 1.18 bits per heavy atom. The molecule has 1 aliphatic rings. The molecule has 0 radical (unpaired) electrons. The van der Waals surface area contributed by atoms with Crippen LogP contribution in [0.4, 0.5) is 11.5 Å². The zero-order valence-corrected chi connectivity index (χ0v) is 15.4. The van der Waals surface area contributed by atoms with Crippen LogP contribution in [-0.4, -0.2) is 47.2 Å². The lowest BCUT2D eigenvalue weighted by Crippen LogP contribution is -2.36. The third-order valence-corrected chi connectivity index (χ3v) is 4.64. The zero-order chi connectivity index (χ0) is 19.3. The van der Waals surface area contributed by atoms with Crippen LogP contribution in [0.1, 0.15) is 12.2 Å². The van der Waals surface area contributed by atoms with E-state index in [1.807, 2.05) is 12.1 Å². The molecule has 4 rings (SSSR count). The quantitative estimate of drug-likeness (QED) is 0.700. The van der Waals surface area contributed by atoms with Gasteiger partial charge in [0.1, 0.15) is 11.6 Å². The maximum Gasteiger partial charge on any atom is 0.258 e. The van der Waals surface area contributed by atoms with Gasteiger partial charge in [-0.25, -0.2) is 9.97 Å². The van der Waals surface area contributed by atoms with Crippen LogP contribution in [0.2, 0.25) is 0 Å². The van der Waals surface area contributed by atoms with E-state index in [1.54, 1.807) is 30.5 Å². The average molecular weight is 379 g/mol. The van der Waals surface area contributed by atoms with Gasteiger partial charge in [0.25, 0.3) is 5.56 Å². The van der Waals surface area contributed by atoms with Crippen molar-refractivity contribution >= 4 is 28.3 Å². The molecule has 28 heavy (non-hydrogen) atoms. The summed E-state index contributed by atoms with van der Waals surface area (Å²) in [6.45, 7) is 3.10. The summed E-state index contributed by atoms with van der Waals surface area (Å²) < 4.78 is 5.35. The molecule has 0 aliphatic carbocycles. The number of benzene rings is 1. The van der Waals surface area contributed by atoms with E-state index in [1.165, 1.54) is 0 Å². The maximum absolute atomic E-state index is 12.2. The fourth-order valence-corrected chi connectivity index (χ4v) is 3.16. The van der Waals surface area contributed by atoms with Crippen molar-refractivity contribution in [1.82, 2.24) is 15.0 Å². The Balaban J connectivity index is 1.35. The van der Waals surface area contributed by atoms with Crippen molar-refractivity contribution in [3.05, 3.63) is 58.8 Å². The van der Waals surface area contributed by atoms with Crippen LogP contribution in [0.5, 0.6) is 0 Å². The molecular weight excluding hydrogens is 358 g/mol. The minimum absolute atomic E-state index is 0.178. The molecule has 0 bridgehead atoms. The van der Waals surface area contributed by atoms with E-state index in [2.05, 4.69) is 25.2 Å². The average Bonchev–Trinajstić information content (AvgIpc) is 2.73. The maximum atomic E-state index is 12.2. The SMILES string of the molecule is O=C(CCc1nc2ccccc2c(=O)[nH]1)Nc1ccc(N2CCOCC2)cn1. The molecule has 0 spiro atoms. The first-order valence-electron chi connectivity index (χ1n) is 9.25. The van der Waals surface area contributed by atoms with Crippen LogP contribution in [0, 0.1) is 0 Å². The number of nitrogens with zero attached hydrogens (tertiary/aromatic N) is 3. The molecule has 8 heteroatoms. The molecule has 2 N–H and O–H groups in total. The molecule has 0 atom stereocenters. The fraction of sp³-hybridized carbons (Fsp3) is 0.300. The standard InChI is InChI=1S/C20H21N5O3/c26-19(8-7-18-22-16-4-2-1-3-15(16)20(27)24-18)23-17-6-5-14(13-21-17)25-9-11-28-12-10-25/h1-6,13H,7-12H2,(H,21,23,26)(H,22,24,27). The van der Waals surface area contributed by atoms with Crippen LogP contribution >= 0.6 is 0 Å². The van der Waals surface area contributed by atoms with Gasteiger partial charge >= 0.3 is 0 Å². The van der Waals surface area contributed by atoms with Gasteiger partial charge in [-0.1, -0.05) is 12.1 Å². The third kappa shape index (κ3) is 4.17. The highest BCUT2D eigenvalue weighted by molar-refractivity contribution is 5.90. The summed E-state index contributed by atoms with van der Waals surface area (Å²) in [5.74, 6) is 0.818. The molecule has 3 aromatic rings. The monoisotopic (exact) mass is 379 g/mol. The normalized spacial score (nSPS) is 14.2. The number of amides is 1. The van der Waals surface area contributed by atoms with Crippen LogP contribution in [-0.2, 0) is 16.0 Å². The number of nitrogens with one attached hydrogen (secondary N) is 2. The number of pyridine rings is 1. The molecule has 1 fully saturated rings. The summed E-state index contributed by atoms with van der Waals surface area (Å²) in [4.78, 5) is 38.0. The molecule has 1 aromatic carbocycles. The van der Waals surface area contributed by atoms with Crippen LogP contribution in [0.25, 0.3) is 10.9 Å².